The lowest BCUT2D eigenvalue weighted by molar-refractivity contribution is -0.137. The number of aryl methyl sites for hydroxylation is 1. The number of aromatic nitrogens is 2. The summed E-state index contributed by atoms with van der Waals surface area (Å²) in [6, 6.07) is 6.77. The summed E-state index contributed by atoms with van der Waals surface area (Å²) in [6.07, 6.45) is -1.64. The Morgan fingerprint density at radius 2 is 1.94 bits per heavy atom. The summed E-state index contributed by atoms with van der Waals surface area (Å²) in [6.45, 7) is 2.39. The van der Waals surface area contributed by atoms with Crippen molar-refractivity contribution < 1.29 is 31.5 Å². The van der Waals surface area contributed by atoms with Crippen molar-refractivity contribution in [1.82, 2.24) is 9.78 Å². The molecular formula is C21H18F5N3O2. The molecule has 1 N–H and O–H groups in total. The van der Waals surface area contributed by atoms with E-state index in [2.05, 4.69) is 10.4 Å². The Labute approximate surface area is 174 Å². The molecule has 0 aliphatic rings. The van der Waals surface area contributed by atoms with Gasteiger partial charge in [0.15, 0.2) is 0 Å². The molecular weight excluding hydrogens is 421 g/mol. The molecule has 0 atom stereocenters. The summed E-state index contributed by atoms with van der Waals surface area (Å²) in [5.41, 5.74) is -1.30. The van der Waals surface area contributed by atoms with E-state index in [1.165, 1.54) is 23.0 Å². The molecule has 0 aliphatic heterocycles. The standard InChI is InChI=1S/C21H18F5N3O2/c1-2-3-9-29-12-16(19(30)27-18-8-7-14(22)11-17(18)23)20(28-29)31-15-6-4-5-13(10-15)21(24,25)26/h4-8,10-12H,2-3,9H2,1H3,(H,27,30). The fraction of sp³-hybridized carbons (Fsp3) is 0.238. The maximum absolute atomic E-state index is 13.9. The lowest BCUT2D eigenvalue weighted by Gasteiger charge is -2.10. The summed E-state index contributed by atoms with van der Waals surface area (Å²) in [4.78, 5) is 12.7. The predicted octanol–water partition coefficient (Wildman–Crippen LogP) is 6.02. The van der Waals surface area contributed by atoms with E-state index in [0.717, 1.165) is 37.1 Å². The number of ether oxygens (including phenoxy) is 1. The van der Waals surface area contributed by atoms with Crippen molar-refractivity contribution in [3.63, 3.8) is 0 Å². The second-order valence-electron chi connectivity index (χ2n) is 6.67. The van der Waals surface area contributed by atoms with E-state index < -0.39 is 29.3 Å². The first-order valence-corrected chi connectivity index (χ1v) is 9.36. The number of carbonyl (C=O) groups excluding carboxylic acids is 1. The number of rotatable bonds is 7. The predicted molar refractivity (Wildman–Crippen MR) is 103 cm³/mol. The quantitative estimate of drug-likeness (QED) is 0.458. The van der Waals surface area contributed by atoms with Gasteiger partial charge in [0.05, 0.1) is 11.3 Å². The smallest absolute Gasteiger partial charge is 0.416 e. The number of anilines is 1. The molecule has 0 aliphatic carbocycles. The lowest BCUT2D eigenvalue weighted by Crippen LogP contribution is -2.13. The largest absolute Gasteiger partial charge is 0.437 e. The van der Waals surface area contributed by atoms with Crippen LogP contribution < -0.4 is 10.1 Å². The highest BCUT2D eigenvalue weighted by molar-refractivity contribution is 6.05. The maximum Gasteiger partial charge on any atom is 0.416 e. The van der Waals surface area contributed by atoms with Crippen LogP contribution in [0.2, 0.25) is 0 Å². The first kappa shape index (κ1) is 22.3. The Balaban J connectivity index is 1.90. The van der Waals surface area contributed by atoms with E-state index in [4.69, 9.17) is 4.74 Å². The summed E-state index contributed by atoms with van der Waals surface area (Å²) >= 11 is 0. The number of halogens is 5. The number of hydrogen-bond acceptors (Lipinski definition) is 3. The molecule has 5 nitrogen and oxygen atoms in total. The summed E-state index contributed by atoms with van der Waals surface area (Å²) in [7, 11) is 0. The van der Waals surface area contributed by atoms with Crippen LogP contribution in [0.1, 0.15) is 35.7 Å². The van der Waals surface area contributed by atoms with Crippen LogP contribution >= 0.6 is 0 Å². The van der Waals surface area contributed by atoms with E-state index in [0.29, 0.717) is 12.6 Å². The third kappa shape index (κ3) is 5.59. The molecule has 0 saturated heterocycles. The Morgan fingerprint density at radius 3 is 2.61 bits per heavy atom. The Hall–Kier alpha value is -3.43. The minimum atomic E-state index is -4.57. The lowest BCUT2D eigenvalue weighted by atomic mass is 10.2. The zero-order valence-electron chi connectivity index (χ0n) is 16.3. The first-order chi connectivity index (χ1) is 14.7. The highest BCUT2D eigenvalue weighted by Gasteiger charge is 2.31. The molecule has 0 saturated carbocycles. The third-order valence-corrected chi connectivity index (χ3v) is 4.27. The normalized spacial score (nSPS) is 11.4. The fourth-order valence-corrected chi connectivity index (χ4v) is 2.70. The zero-order chi connectivity index (χ0) is 22.6. The van der Waals surface area contributed by atoms with Crippen LogP contribution in [0.25, 0.3) is 0 Å². The van der Waals surface area contributed by atoms with Gasteiger partial charge in [-0.25, -0.2) is 8.78 Å². The second kappa shape index (κ2) is 9.15. The number of nitrogens with one attached hydrogen (secondary N) is 1. The average Bonchev–Trinajstić information content (AvgIpc) is 3.10. The molecule has 164 valence electrons. The van der Waals surface area contributed by atoms with Crippen molar-refractivity contribution >= 4 is 11.6 Å². The molecule has 0 fully saturated rings. The van der Waals surface area contributed by atoms with Crippen molar-refractivity contribution in [1.29, 1.82) is 0 Å². The molecule has 0 unspecified atom stereocenters. The van der Waals surface area contributed by atoms with E-state index in [1.807, 2.05) is 6.92 Å². The van der Waals surface area contributed by atoms with Crippen molar-refractivity contribution in [2.24, 2.45) is 0 Å². The van der Waals surface area contributed by atoms with Crippen molar-refractivity contribution in [3.05, 3.63) is 71.4 Å². The first-order valence-electron chi connectivity index (χ1n) is 9.36. The van der Waals surface area contributed by atoms with Crippen LogP contribution in [0.4, 0.5) is 27.6 Å². The van der Waals surface area contributed by atoms with Gasteiger partial charge in [-0.15, -0.1) is 5.10 Å². The van der Waals surface area contributed by atoms with E-state index in [-0.39, 0.29) is 22.9 Å². The molecule has 0 bridgehead atoms. The number of carbonyl (C=O) groups is 1. The molecule has 0 spiro atoms. The summed E-state index contributed by atoms with van der Waals surface area (Å²) < 4.78 is 72.8. The van der Waals surface area contributed by atoms with Gasteiger partial charge in [0.2, 0.25) is 0 Å². The van der Waals surface area contributed by atoms with Gasteiger partial charge in [-0.1, -0.05) is 19.4 Å². The number of alkyl halides is 3. The number of unbranched alkanes of at least 4 members (excludes halogenated alkanes) is 1. The second-order valence-corrected chi connectivity index (χ2v) is 6.67. The van der Waals surface area contributed by atoms with Gasteiger partial charge < -0.3 is 10.1 Å². The van der Waals surface area contributed by atoms with Crippen molar-refractivity contribution in [3.8, 4) is 11.6 Å². The van der Waals surface area contributed by atoms with Crippen LogP contribution in [0.15, 0.2) is 48.7 Å². The Morgan fingerprint density at radius 1 is 1.16 bits per heavy atom. The molecule has 10 heteroatoms. The monoisotopic (exact) mass is 439 g/mol. The maximum atomic E-state index is 13.9. The molecule has 1 aromatic heterocycles. The van der Waals surface area contributed by atoms with Crippen LogP contribution in [-0.4, -0.2) is 15.7 Å². The van der Waals surface area contributed by atoms with Crippen molar-refractivity contribution in [2.75, 3.05) is 5.32 Å². The molecule has 1 amide bonds. The number of amides is 1. The van der Waals surface area contributed by atoms with Gasteiger partial charge in [-0.2, -0.15) is 13.2 Å². The fourth-order valence-electron chi connectivity index (χ4n) is 2.70. The van der Waals surface area contributed by atoms with Crippen LogP contribution in [0.5, 0.6) is 11.6 Å². The highest BCUT2D eigenvalue weighted by atomic mass is 19.4. The number of benzene rings is 2. The average molecular weight is 439 g/mol. The molecule has 2 aromatic carbocycles. The van der Waals surface area contributed by atoms with Crippen LogP contribution in [0.3, 0.4) is 0 Å². The Bertz CT molecular complexity index is 1080. The van der Waals surface area contributed by atoms with Crippen LogP contribution in [-0.2, 0) is 12.7 Å². The van der Waals surface area contributed by atoms with E-state index in [1.54, 1.807) is 0 Å². The van der Waals surface area contributed by atoms with Crippen LogP contribution in [0, 0.1) is 11.6 Å². The van der Waals surface area contributed by atoms with Gasteiger partial charge in [-0.3, -0.25) is 9.48 Å². The van der Waals surface area contributed by atoms with Gasteiger partial charge in [0.1, 0.15) is 22.9 Å². The minimum Gasteiger partial charge on any atom is -0.437 e. The van der Waals surface area contributed by atoms with Crippen molar-refractivity contribution in [2.45, 2.75) is 32.5 Å². The highest BCUT2D eigenvalue weighted by Crippen LogP contribution is 2.33. The van der Waals surface area contributed by atoms with E-state index >= 15 is 0 Å². The number of hydrogen-bond donors (Lipinski definition) is 1. The SMILES string of the molecule is CCCCn1cc(C(=O)Nc2ccc(F)cc2F)c(Oc2cccc(C(F)(F)F)c2)n1. The number of nitrogens with zero attached hydrogens (tertiary/aromatic N) is 2. The van der Waals surface area contributed by atoms with Gasteiger partial charge in [0, 0.05) is 18.8 Å². The Kier molecular flexibility index (Phi) is 6.57. The van der Waals surface area contributed by atoms with Gasteiger partial charge >= 0.3 is 6.18 Å². The molecule has 3 aromatic rings. The minimum absolute atomic E-state index is 0.114. The van der Waals surface area contributed by atoms with E-state index in [9.17, 15) is 26.7 Å². The zero-order valence-corrected chi connectivity index (χ0v) is 16.3. The molecule has 31 heavy (non-hydrogen) atoms. The molecule has 1 heterocycles. The summed E-state index contributed by atoms with van der Waals surface area (Å²) in [5, 5.41) is 6.42. The molecule has 0 radical (unpaired) electrons. The summed E-state index contributed by atoms with van der Waals surface area (Å²) in [5.74, 6) is -3.01. The van der Waals surface area contributed by atoms with Gasteiger partial charge in [-0.05, 0) is 36.8 Å². The topological polar surface area (TPSA) is 56.2 Å². The third-order valence-electron chi connectivity index (χ3n) is 4.27. The molecule has 3 rings (SSSR count). The van der Waals surface area contributed by atoms with Gasteiger partial charge in [0.25, 0.3) is 11.8 Å².